The van der Waals surface area contributed by atoms with Crippen LogP contribution in [0.1, 0.15) is 92.4 Å². The van der Waals surface area contributed by atoms with Gasteiger partial charge in [-0.25, -0.2) is 9.07 Å². The van der Waals surface area contributed by atoms with Crippen molar-refractivity contribution < 1.29 is 9.18 Å². The molecule has 35 heavy (non-hydrogen) atoms. The molecule has 0 radical (unpaired) electrons. The molecule has 6 rings (SSSR count). The van der Waals surface area contributed by atoms with Gasteiger partial charge in [-0.2, -0.15) is 0 Å². The SMILES string of the molecule is CC.CC1CCC2(C)C(CCC3C2CCC2(C)C3CC[C@@H]2C(=O)Cn2nnc3ccc(F)cc32)C1. The Balaban J connectivity index is 0.00000124. The molecule has 8 atom stereocenters. The van der Waals surface area contributed by atoms with Crippen LogP contribution in [0.25, 0.3) is 11.0 Å². The summed E-state index contributed by atoms with van der Waals surface area (Å²) in [4.78, 5) is 13.6. The number of benzene rings is 1. The predicted molar refractivity (Wildman–Crippen MR) is 138 cm³/mol. The molecule has 4 aliphatic rings. The summed E-state index contributed by atoms with van der Waals surface area (Å²) in [5, 5.41) is 8.32. The maximum atomic E-state index is 13.8. The minimum absolute atomic E-state index is 0.0909. The Morgan fingerprint density at radius 3 is 2.57 bits per heavy atom. The fraction of sp³-hybridized carbons (Fsp3) is 0.767. The van der Waals surface area contributed by atoms with Crippen LogP contribution in [0.5, 0.6) is 0 Å². The van der Waals surface area contributed by atoms with E-state index in [-0.39, 0.29) is 29.5 Å². The van der Waals surface area contributed by atoms with Gasteiger partial charge in [0.1, 0.15) is 17.9 Å². The summed E-state index contributed by atoms with van der Waals surface area (Å²) < 4.78 is 15.4. The molecule has 4 fully saturated rings. The van der Waals surface area contributed by atoms with Crippen molar-refractivity contribution in [2.24, 2.45) is 46.3 Å². The molecule has 0 N–H and O–H groups in total. The van der Waals surface area contributed by atoms with Gasteiger partial charge >= 0.3 is 0 Å². The highest BCUT2D eigenvalue weighted by atomic mass is 19.1. The predicted octanol–water partition coefficient (Wildman–Crippen LogP) is 7.46. The average molecular weight is 482 g/mol. The third-order valence-electron chi connectivity index (χ3n) is 11.1. The average Bonchev–Trinajstić information content (AvgIpc) is 3.41. The van der Waals surface area contributed by atoms with Gasteiger partial charge in [0.05, 0.1) is 5.52 Å². The summed E-state index contributed by atoms with van der Waals surface area (Å²) in [6, 6.07) is 4.47. The van der Waals surface area contributed by atoms with Gasteiger partial charge in [-0.3, -0.25) is 4.79 Å². The van der Waals surface area contributed by atoms with Gasteiger partial charge in [-0.1, -0.05) is 46.3 Å². The van der Waals surface area contributed by atoms with Crippen LogP contribution in [-0.4, -0.2) is 20.8 Å². The summed E-state index contributed by atoms with van der Waals surface area (Å²) in [5.74, 6) is 4.15. The summed E-state index contributed by atoms with van der Waals surface area (Å²) in [5.41, 5.74) is 1.88. The third kappa shape index (κ3) is 3.96. The lowest BCUT2D eigenvalue weighted by molar-refractivity contribution is -0.137. The van der Waals surface area contributed by atoms with E-state index in [2.05, 4.69) is 31.1 Å². The summed E-state index contributed by atoms with van der Waals surface area (Å²) >= 11 is 0. The van der Waals surface area contributed by atoms with Crippen LogP contribution in [0.2, 0.25) is 0 Å². The summed E-state index contributed by atoms with van der Waals surface area (Å²) in [6.07, 6.45) is 11.7. The van der Waals surface area contributed by atoms with E-state index in [0.29, 0.717) is 22.4 Å². The Labute approximate surface area is 210 Å². The van der Waals surface area contributed by atoms with Crippen molar-refractivity contribution in [1.82, 2.24) is 15.0 Å². The first kappa shape index (κ1) is 24.9. The standard InChI is InChI=1S/C28H38FN3O.C2H6/c1-17-10-12-27(2)18(14-17)4-6-20-21-7-8-23(28(21,3)13-11-22(20)27)26(33)16-32-25-15-19(29)5-9-24(25)30-31-32;1-2/h5,9,15,17-18,20-23H,4,6-8,10-14,16H2,1-3H3;1-2H3/t17?,18?,20?,21?,22?,23-,27?,28?;/m1./s1. The normalized spacial score (nSPS) is 40.3. The molecule has 4 nitrogen and oxygen atoms in total. The van der Waals surface area contributed by atoms with E-state index in [9.17, 15) is 9.18 Å². The van der Waals surface area contributed by atoms with Crippen molar-refractivity contribution in [3.05, 3.63) is 24.0 Å². The van der Waals surface area contributed by atoms with E-state index in [1.807, 2.05) is 13.8 Å². The third-order valence-corrected chi connectivity index (χ3v) is 11.1. The number of ketones is 1. The number of carbonyl (C=O) groups excluding carboxylic acids is 1. The molecule has 0 spiro atoms. The van der Waals surface area contributed by atoms with Crippen molar-refractivity contribution in [1.29, 1.82) is 0 Å². The molecule has 1 heterocycles. The van der Waals surface area contributed by atoms with Gasteiger partial charge in [0, 0.05) is 12.0 Å². The first-order valence-corrected chi connectivity index (χ1v) is 14.3. The van der Waals surface area contributed by atoms with Crippen LogP contribution in [0.4, 0.5) is 4.39 Å². The molecule has 0 aliphatic heterocycles. The van der Waals surface area contributed by atoms with Crippen molar-refractivity contribution >= 4 is 16.8 Å². The molecule has 5 heteroatoms. The van der Waals surface area contributed by atoms with E-state index < -0.39 is 0 Å². The number of hydrogen-bond acceptors (Lipinski definition) is 3. The van der Waals surface area contributed by atoms with E-state index >= 15 is 0 Å². The van der Waals surface area contributed by atoms with Crippen LogP contribution in [-0.2, 0) is 11.3 Å². The Bertz CT molecular complexity index is 1080. The van der Waals surface area contributed by atoms with Gasteiger partial charge in [0.15, 0.2) is 5.78 Å². The smallest absolute Gasteiger partial charge is 0.157 e. The monoisotopic (exact) mass is 481 g/mol. The maximum Gasteiger partial charge on any atom is 0.157 e. The highest BCUT2D eigenvalue weighted by molar-refractivity contribution is 5.84. The van der Waals surface area contributed by atoms with Crippen molar-refractivity contribution in [2.75, 3.05) is 0 Å². The largest absolute Gasteiger partial charge is 0.297 e. The second-order valence-corrected chi connectivity index (χ2v) is 12.6. The Kier molecular flexibility index (Phi) is 6.59. The molecule has 7 unspecified atom stereocenters. The lowest BCUT2D eigenvalue weighted by Gasteiger charge is -2.61. The first-order valence-electron chi connectivity index (χ1n) is 14.3. The molecule has 192 valence electrons. The van der Waals surface area contributed by atoms with Crippen LogP contribution < -0.4 is 0 Å². The summed E-state index contributed by atoms with van der Waals surface area (Å²) in [7, 11) is 0. The fourth-order valence-corrected chi connectivity index (χ4v) is 9.31. The molecule has 0 saturated heterocycles. The highest BCUT2D eigenvalue weighted by Crippen LogP contribution is 2.67. The minimum Gasteiger partial charge on any atom is -0.297 e. The zero-order valence-electron chi connectivity index (χ0n) is 22.4. The Morgan fingerprint density at radius 1 is 1.03 bits per heavy atom. The van der Waals surface area contributed by atoms with Crippen molar-refractivity contribution in [2.45, 2.75) is 99.0 Å². The zero-order valence-corrected chi connectivity index (χ0v) is 22.4. The molecule has 1 aromatic carbocycles. The van der Waals surface area contributed by atoms with Crippen molar-refractivity contribution in [3.8, 4) is 0 Å². The molecular formula is C30H44FN3O. The molecule has 4 aliphatic carbocycles. The second kappa shape index (κ2) is 9.27. The van der Waals surface area contributed by atoms with Crippen LogP contribution in [0, 0.1) is 52.2 Å². The molecule has 0 bridgehead atoms. The van der Waals surface area contributed by atoms with Crippen molar-refractivity contribution in [3.63, 3.8) is 0 Å². The topological polar surface area (TPSA) is 47.8 Å². The van der Waals surface area contributed by atoms with Crippen LogP contribution in [0.15, 0.2) is 18.2 Å². The number of halogens is 1. The van der Waals surface area contributed by atoms with E-state index in [1.54, 1.807) is 10.7 Å². The van der Waals surface area contributed by atoms with E-state index in [1.165, 1.54) is 63.5 Å². The number of nitrogens with zero attached hydrogens (tertiary/aromatic N) is 3. The number of rotatable bonds is 3. The van der Waals surface area contributed by atoms with E-state index in [4.69, 9.17) is 0 Å². The number of Topliss-reactive ketones (excluding diaryl/α,β-unsaturated/α-hetero) is 1. The quantitative estimate of drug-likeness (QED) is 0.457. The number of fused-ring (bicyclic) bond motifs is 6. The van der Waals surface area contributed by atoms with Gasteiger partial charge < -0.3 is 0 Å². The number of carbonyl (C=O) groups is 1. The Morgan fingerprint density at radius 2 is 1.77 bits per heavy atom. The van der Waals surface area contributed by atoms with E-state index in [0.717, 1.165) is 30.1 Å². The highest BCUT2D eigenvalue weighted by Gasteiger charge is 2.60. The second-order valence-electron chi connectivity index (χ2n) is 12.6. The van der Waals surface area contributed by atoms with Crippen LogP contribution >= 0.6 is 0 Å². The molecule has 4 saturated carbocycles. The first-order chi connectivity index (χ1) is 16.8. The lowest BCUT2D eigenvalue weighted by atomic mass is 9.44. The number of aromatic nitrogens is 3. The van der Waals surface area contributed by atoms with Gasteiger partial charge in [-0.05, 0) is 104 Å². The molecule has 2 aromatic rings. The number of hydrogen-bond donors (Lipinski definition) is 0. The maximum absolute atomic E-state index is 13.8. The van der Waals surface area contributed by atoms with Gasteiger partial charge in [0.2, 0.25) is 0 Å². The van der Waals surface area contributed by atoms with Gasteiger partial charge in [0.25, 0.3) is 0 Å². The van der Waals surface area contributed by atoms with Gasteiger partial charge in [-0.15, -0.1) is 5.10 Å². The Hall–Kier alpha value is -1.78. The summed E-state index contributed by atoms with van der Waals surface area (Å²) in [6.45, 7) is 11.7. The lowest BCUT2D eigenvalue weighted by Crippen LogP contribution is -2.53. The molecule has 0 amide bonds. The molecular weight excluding hydrogens is 437 g/mol. The van der Waals surface area contributed by atoms with Crippen LogP contribution in [0.3, 0.4) is 0 Å². The fourth-order valence-electron chi connectivity index (χ4n) is 9.31. The minimum atomic E-state index is -0.314. The zero-order chi connectivity index (χ0) is 25.0. The molecule has 1 aromatic heterocycles.